The SMILES string of the molecule is NC/C=C/CNS(=O)(=O)c1ccccc1[N+](=O)[O-]. The summed E-state index contributed by atoms with van der Waals surface area (Å²) in [5.74, 6) is 0. The number of nitrogens with zero attached hydrogens (tertiary/aromatic N) is 1. The molecule has 0 bridgehead atoms. The Balaban J connectivity index is 2.98. The number of sulfonamides is 1. The first kappa shape index (κ1) is 14.3. The van der Waals surface area contributed by atoms with Crippen molar-refractivity contribution in [1.29, 1.82) is 0 Å². The Kier molecular flexibility index (Phi) is 4.95. The molecular formula is C10H13N3O4S. The lowest BCUT2D eigenvalue weighted by Crippen LogP contribution is -2.24. The molecule has 8 heteroatoms. The second kappa shape index (κ2) is 6.24. The van der Waals surface area contributed by atoms with Crippen LogP contribution in [0.4, 0.5) is 5.69 Å². The smallest absolute Gasteiger partial charge is 0.289 e. The van der Waals surface area contributed by atoms with Crippen LogP contribution in [-0.4, -0.2) is 26.4 Å². The van der Waals surface area contributed by atoms with Gasteiger partial charge in [-0.05, 0) is 6.07 Å². The minimum atomic E-state index is -3.90. The molecule has 0 spiro atoms. The second-order valence-corrected chi connectivity index (χ2v) is 5.02. The number of hydrogen-bond donors (Lipinski definition) is 2. The number of hydrogen-bond acceptors (Lipinski definition) is 5. The molecule has 0 atom stereocenters. The summed E-state index contributed by atoms with van der Waals surface area (Å²) >= 11 is 0. The van der Waals surface area contributed by atoms with Gasteiger partial charge in [-0.1, -0.05) is 24.3 Å². The highest BCUT2D eigenvalue weighted by molar-refractivity contribution is 7.89. The summed E-state index contributed by atoms with van der Waals surface area (Å²) in [5, 5.41) is 10.7. The molecule has 0 aromatic heterocycles. The van der Waals surface area contributed by atoms with E-state index in [0.717, 1.165) is 6.07 Å². The molecular weight excluding hydrogens is 258 g/mol. The molecule has 0 saturated carbocycles. The van der Waals surface area contributed by atoms with Gasteiger partial charge >= 0.3 is 0 Å². The van der Waals surface area contributed by atoms with E-state index < -0.39 is 20.6 Å². The summed E-state index contributed by atoms with van der Waals surface area (Å²) in [6.07, 6.45) is 3.12. The van der Waals surface area contributed by atoms with Crippen molar-refractivity contribution in [3.8, 4) is 0 Å². The Hall–Kier alpha value is -1.77. The monoisotopic (exact) mass is 271 g/mol. The van der Waals surface area contributed by atoms with Crippen molar-refractivity contribution in [2.24, 2.45) is 5.73 Å². The van der Waals surface area contributed by atoms with Gasteiger partial charge < -0.3 is 5.73 Å². The molecule has 7 nitrogen and oxygen atoms in total. The van der Waals surface area contributed by atoms with E-state index in [4.69, 9.17) is 5.73 Å². The highest BCUT2D eigenvalue weighted by atomic mass is 32.2. The first-order chi connectivity index (χ1) is 8.49. The summed E-state index contributed by atoms with van der Waals surface area (Å²) in [5.41, 5.74) is 4.75. The second-order valence-electron chi connectivity index (χ2n) is 3.28. The fourth-order valence-electron chi connectivity index (χ4n) is 1.25. The van der Waals surface area contributed by atoms with Crippen molar-refractivity contribution in [1.82, 2.24) is 4.72 Å². The van der Waals surface area contributed by atoms with Crippen molar-refractivity contribution in [3.05, 3.63) is 46.5 Å². The Morgan fingerprint density at radius 2 is 2.00 bits per heavy atom. The predicted octanol–water partition coefficient (Wildman–Crippen LogP) is 0.388. The van der Waals surface area contributed by atoms with Crippen molar-refractivity contribution in [2.45, 2.75) is 4.90 Å². The molecule has 1 aromatic rings. The van der Waals surface area contributed by atoms with Gasteiger partial charge in [-0.15, -0.1) is 0 Å². The maximum atomic E-state index is 11.8. The highest BCUT2D eigenvalue weighted by Crippen LogP contribution is 2.22. The normalized spacial score (nSPS) is 11.8. The zero-order valence-corrected chi connectivity index (χ0v) is 10.3. The average Bonchev–Trinajstić information content (AvgIpc) is 2.35. The molecule has 0 heterocycles. The molecule has 0 unspecified atom stereocenters. The first-order valence-corrected chi connectivity index (χ1v) is 6.55. The van der Waals surface area contributed by atoms with Gasteiger partial charge in [0.15, 0.2) is 4.90 Å². The number of nitro benzene ring substituents is 1. The lowest BCUT2D eigenvalue weighted by Gasteiger charge is -2.04. The van der Waals surface area contributed by atoms with E-state index in [9.17, 15) is 18.5 Å². The molecule has 98 valence electrons. The molecule has 18 heavy (non-hydrogen) atoms. The van der Waals surface area contributed by atoms with Gasteiger partial charge in [-0.2, -0.15) is 0 Å². The van der Waals surface area contributed by atoms with Gasteiger partial charge in [0.2, 0.25) is 10.0 Å². The Bertz CT molecular complexity index is 554. The minimum absolute atomic E-state index is 0.0333. The van der Waals surface area contributed by atoms with Crippen LogP contribution in [0.3, 0.4) is 0 Å². The molecule has 1 rings (SSSR count). The highest BCUT2D eigenvalue weighted by Gasteiger charge is 2.24. The fourth-order valence-corrected chi connectivity index (χ4v) is 2.40. The minimum Gasteiger partial charge on any atom is -0.327 e. The quantitative estimate of drug-likeness (QED) is 0.441. The standard InChI is InChI=1S/C10H13N3O4S/c11-7-3-4-8-12-18(16,17)10-6-2-1-5-9(10)13(14)15/h1-6,12H,7-8,11H2/b4-3+. The van der Waals surface area contributed by atoms with E-state index in [1.54, 1.807) is 6.08 Å². The molecule has 0 fully saturated rings. The topological polar surface area (TPSA) is 115 Å². The predicted molar refractivity (Wildman–Crippen MR) is 66.5 cm³/mol. The molecule has 0 saturated heterocycles. The van der Waals surface area contributed by atoms with Crippen LogP contribution in [0.15, 0.2) is 41.3 Å². The number of nitro groups is 1. The van der Waals surface area contributed by atoms with Crippen LogP contribution in [0.2, 0.25) is 0 Å². The van der Waals surface area contributed by atoms with Gasteiger partial charge in [-0.25, -0.2) is 13.1 Å². The number of para-hydroxylation sites is 1. The largest absolute Gasteiger partial charge is 0.327 e. The summed E-state index contributed by atoms with van der Waals surface area (Å²) < 4.78 is 25.9. The molecule has 0 aliphatic carbocycles. The van der Waals surface area contributed by atoms with E-state index in [-0.39, 0.29) is 11.4 Å². The molecule has 1 aromatic carbocycles. The number of nitrogens with two attached hydrogens (primary N) is 1. The maximum Gasteiger partial charge on any atom is 0.289 e. The van der Waals surface area contributed by atoms with E-state index in [1.807, 2.05) is 0 Å². The molecule has 0 aliphatic heterocycles. The number of rotatable bonds is 6. The Morgan fingerprint density at radius 3 is 2.61 bits per heavy atom. The number of nitrogens with one attached hydrogen (secondary N) is 1. The van der Waals surface area contributed by atoms with Crippen molar-refractivity contribution in [3.63, 3.8) is 0 Å². The van der Waals surface area contributed by atoms with E-state index in [1.165, 1.54) is 24.3 Å². The van der Waals surface area contributed by atoms with Crippen LogP contribution < -0.4 is 10.5 Å². The van der Waals surface area contributed by atoms with Crippen LogP contribution in [-0.2, 0) is 10.0 Å². The molecule has 0 radical (unpaired) electrons. The third kappa shape index (κ3) is 3.62. The summed E-state index contributed by atoms with van der Waals surface area (Å²) in [7, 11) is -3.90. The van der Waals surface area contributed by atoms with Gasteiger partial charge in [0.25, 0.3) is 5.69 Å². The van der Waals surface area contributed by atoms with Crippen LogP contribution >= 0.6 is 0 Å². The third-order valence-corrected chi connectivity index (χ3v) is 3.52. The summed E-state index contributed by atoms with van der Waals surface area (Å²) in [6.45, 7) is 0.332. The molecule has 0 aliphatic rings. The van der Waals surface area contributed by atoms with Gasteiger partial charge in [0.05, 0.1) is 4.92 Å². The van der Waals surface area contributed by atoms with E-state index in [2.05, 4.69) is 4.72 Å². The van der Waals surface area contributed by atoms with Crippen molar-refractivity contribution in [2.75, 3.05) is 13.1 Å². The zero-order valence-electron chi connectivity index (χ0n) is 9.44. The summed E-state index contributed by atoms with van der Waals surface area (Å²) in [4.78, 5) is 9.64. The Labute approximate surface area is 105 Å². The maximum absolute atomic E-state index is 11.8. The third-order valence-electron chi connectivity index (χ3n) is 2.05. The van der Waals surface area contributed by atoms with Crippen LogP contribution in [0.1, 0.15) is 0 Å². The van der Waals surface area contributed by atoms with Crippen LogP contribution in [0.25, 0.3) is 0 Å². The van der Waals surface area contributed by atoms with Gasteiger partial charge in [0.1, 0.15) is 0 Å². The fraction of sp³-hybridized carbons (Fsp3) is 0.200. The van der Waals surface area contributed by atoms with E-state index >= 15 is 0 Å². The first-order valence-electron chi connectivity index (χ1n) is 5.07. The van der Waals surface area contributed by atoms with Gasteiger partial charge in [-0.3, -0.25) is 10.1 Å². The molecule has 3 N–H and O–H groups in total. The van der Waals surface area contributed by atoms with Crippen molar-refractivity contribution < 1.29 is 13.3 Å². The lowest BCUT2D eigenvalue weighted by molar-refractivity contribution is -0.387. The Morgan fingerprint density at radius 1 is 1.33 bits per heavy atom. The average molecular weight is 271 g/mol. The molecule has 0 amide bonds. The van der Waals surface area contributed by atoms with E-state index in [0.29, 0.717) is 6.54 Å². The van der Waals surface area contributed by atoms with Crippen LogP contribution in [0, 0.1) is 10.1 Å². The van der Waals surface area contributed by atoms with Crippen molar-refractivity contribution >= 4 is 15.7 Å². The number of benzene rings is 1. The zero-order chi connectivity index (χ0) is 13.6. The lowest BCUT2D eigenvalue weighted by atomic mass is 10.3. The van der Waals surface area contributed by atoms with Crippen LogP contribution in [0.5, 0.6) is 0 Å². The summed E-state index contributed by atoms with van der Waals surface area (Å²) in [6, 6.07) is 5.17. The van der Waals surface area contributed by atoms with Gasteiger partial charge in [0, 0.05) is 19.2 Å².